The van der Waals surface area contributed by atoms with Crippen molar-refractivity contribution in [1.29, 1.82) is 0 Å². The Labute approximate surface area is 199 Å². The van der Waals surface area contributed by atoms with E-state index in [0.29, 0.717) is 24.4 Å². The highest BCUT2D eigenvalue weighted by atomic mass is 19.4. The molecular weight excluding hydrogens is 443 g/mol. The second-order valence-electron chi connectivity index (χ2n) is 10.0. The van der Waals surface area contributed by atoms with Crippen LogP contribution in [0.4, 0.5) is 13.2 Å². The Balaban J connectivity index is 1.57. The number of likely N-dealkylation sites (tertiary alicyclic amines) is 1. The van der Waals surface area contributed by atoms with Crippen LogP contribution in [-0.4, -0.2) is 35.2 Å². The van der Waals surface area contributed by atoms with Crippen molar-refractivity contribution in [2.45, 2.75) is 77.1 Å². The van der Waals surface area contributed by atoms with Gasteiger partial charge in [-0.3, -0.25) is 9.69 Å². The molecule has 4 nitrogen and oxygen atoms in total. The van der Waals surface area contributed by atoms with Gasteiger partial charge < -0.3 is 9.84 Å². The minimum atomic E-state index is -4.52. The van der Waals surface area contributed by atoms with E-state index in [9.17, 15) is 18.0 Å². The number of ether oxygens (including phenoxy) is 1. The van der Waals surface area contributed by atoms with Crippen molar-refractivity contribution in [1.82, 2.24) is 4.90 Å². The molecule has 2 aromatic carbocycles. The summed E-state index contributed by atoms with van der Waals surface area (Å²) in [5, 5.41) is 9.81. The van der Waals surface area contributed by atoms with E-state index in [4.69, 9.17) is 9.84 Å². The number of benzene rings is 2. The van der Waals surface area contributed by atoms with E-state index >= 15 is 0 Å². The minimum Gasteiger partial charge on any atom is -0.490 e. The Kier molecular flexibility index (Phi) is 7.70. The number of carbonyl (C=O) groups is 1. The summed E-state index contributed by atoms with van der Waals surface area (Å²) in [6, 6.07) is 8.44. The molecule has 0 bridgehead atoms. The highest BCUT2D eigenvalue weighted by Gasteiger charge is 2.37. The molecule has 0 unspecified atom stereocenters. The van der Waals surface area contributed by atoms with Gasteiger partial charge in [-0.25, -0.2) is 0 Å². The van der Waals surface area contributed by atoms with Gasteiger partial charge in [-0.2, -0.15) is 13.2 Å². The fourth-order valence-corrected chi connectivity index (χ4v) is 5.64. The van der Waals surface area contributed by atoms with Crippen LogP contribution in [0.2, 0.25) is 0 Å². The minimum absolute atomic E-state index is 0.0726. The summed E-state index contributed by atoms with van der Waals surface area (Å²) in [5.74, 6) is -0.147. The smallest absolute Gasteiger partial charge is 0.420 e. The number of fused-ring (bicyclic) bond motifs is 1. The van der Waals surface area contributed by atoms with Gasteiger partial charge in [0.05, 0.1) is 6.10 Å². The molecule has 1 aliphatic heterocycles. The zero-order chi connectivity index (χ0) is 24.3. The number of nitrogens with zero attached hydrogens (tertiary/aromatic N) is 1. The average Bonchev–Trinajstić information content (AvgIpc) is 2.78. The molecule has 186 valence electrons. The van der Waals surface area contributed by atoms with Crippen LogP contribution in [0.1, 0.15) is 69.4 Å². The zero-order valence-corrected chi connectivity index (χ0v) is 19.7. The van der Waals surface area contributed by atoms with Crippen LogP contribution < -0.4 is 4.74 Å². The molecule has 1 aliphatic carbocycles. The molecule has 0 amide bonds. The summed E-state index contributed by atoms with van der Waals surface area (Å²) in [5.41, 5.74) is 0.112. The van der Waals surface area contributed by atoms with Crippen molar-refractivity contribution in [3.8, 4) is 5.75 Å². The molecule has 1 heterocycles. The van der Waals surface area contributed by atoms with Gasteiger partial charge in [0.2, 0.25) is 0 Å². The first kappa shape index (κ1) is 24.8. The van der Waals surface area contributed by atoms with Gasteiger partial charge in [0.15, 0.2) is 0 Å². The lowest BCUT2D eigenvalue weighted by molar-refractivity contribution is -0.139. The third-order valence-electron chi connectivity index (χ3n) is 7.47. The second kappa shape index (κ2) is 10.5. The highest BCUT2D eigenvalue weighted by Crippen LogP contribution is 2.43. The van der Waals surface area contributed by atoms with E-state index in [0.717, 1.165) is 57.1 Å². The summed E-state index contributed by atoms with van der Waals surface area (Å²) < 4.78 is 48.8. The first-order valence-electron chi connectivity index (χ1n) is 12.5. The van der Waals surface area contributed by atoms with Crippen LogP contribution in [0.3, 0.4) is 0 Å². The van der Waals surface area contributed by atoms with Crippen molar-refractivity contribution in [2.75, 3.05) is 13.1 Å². The Morgan fingerprint density at radius 2 is 1.82 bits per heavy atom. The number of aliphatic carboxylic acids is 1. The molecule has 7 heteroatoms. The number of carboxylic acids is 1. The van der Waals surface area contributed by atoms with E-state index in [1.54, 1.807) is 18.2 Å². The van der Waals surface area contributed by atoms with Gasteiger partial charge in [0.25, 0.3) is 0 Å². The monoisotopic (exact) mass is 477 g/mol. The summed E-state index contributed by atoms with van der Waals surface area (Å²) in [7, 11) is 0. The number of alkyl halides is 3. The molecule has 1 N–H and O–H groups in total. The third kappa shape index (κ3) is 6.04. The van der Waals surface area contributed by atoms with Gasteiger partial charge >= 0.3 is 12.1 Å². The molecule has 1 saturated heterocycles. The molecule has 0 spiro atoms. The van der Waals surface area contributed by atoms with E-state index < -0.39 is 17.7 Å². The number of hydrogen-bond donors (Lipinski definition) is 1. The van der Waals surface area contributed by atoms with Gasteiger partial charge in [0.1, 0.15) is 11.3 Å². The standard InChI is InChI=1S/C27H34F3NO3/c1-2-18-6-10-22(11-7-18)34-24-12-9-21-8-5-20(14-23(21)26(24)27(28,29)30)17-31-13-3-4-19(16-31)15-25(32)33/h5,8-9,12,14,18-19,22H,2-4,6-7,10-11,13,15-17H2,1H3,(H,32,33)/t18-,19-,22+/m1/s1. The van der Waals surface area contributed by atoms with Crippen LogP contribution >= 0.6 is 0 Å². The van der Waals surface area contributed by atoms with Crippen LogP contribution in [0, 0.1) is 11.8 Å². The van der Waals surface area contributed by atoms with Crippen LogP contribution in [0.15, 0.2) is 30.3 Å². The normalized spacial score (nSPS) is 24.3. The lowest BCUT2D eigenvalue weighted by Gasteiger charge is -2.32. The van der Waals surface area contributed by atoms with Crippen molar-refractivity contribution < 1.29 is 27.8 Å². The molecular formula is C27H34F3NO3. The summed E-state index contributed by atoms with van der Waals surface area (Å²) >= 11 is 0. The summed E-state index contributed by atoms with van der Waals surface area (Å²) in [6.45, 7) is 4.14. The third-order valence-corrected chi connectivity index (χ3v) is 7.47. The maximum Gasteiger partial charge on any atom is 0.420 e. The molecule has 4 rings (SSSR count). The van der Waals surface area contributed by atoms with Crippen LogP contribution in [0.5, 0.6) is 5.75 Å². The van der Waals surface area contributed by atoms with Gasteiger partial charge in [-0.05, 0) is 85.4 Å². The maximum atomic E-state index is 14.3. The SMILES string of the molecule is CC[C@H]1CC[C@@H](Oc2ccc3ccc(CN4CCC[C@H](CC(=O)O)C4)cc3c2C(F)(F)F)CC1. The van der Waals surface area contributed by atoms with Crippen LogP contribution in [-0.2, 0) is 17.5 Å². The molecule has 34 heavy (non-hydrogen) atoms. The molecule has 1 atom stereocenters. The molecule has 2 aromatic rings. The molecule has 2 aliphatic rings. The van der Waals surface area contributed by atoms with E-state index in [1.165, 1.54) is 6.07 Å². The molecule has 2 fully saturated rings. The fraction of sp³-hybridized carbons (Fsp3) is 0.593. The largest absolute Gasteiger partial charge is 0.490 e. The topological polar surface area (TPSA) is 49.8 Å². The first-order chi connectivity index (χ1) is 16.2. The summed E-state index contributed by atoms with van der Waals surface area (Å²) in [6.07, 6.45) is 1.89. The van der Waals surface area contributed by atoms with E-state index in [-0.39, 0.29) is 29.6 Å². The average molecular weight is 478 g/mol. The number of halogens is 3. The molecule has 1 saturated carbocycles. The first-order valence-corrected chi connectivity index (χ1v) is 12.5. The zero-order valence-electron chi connectivity index (χ0n) is 19.7. The number of rotatable bonds is 7. The quantitative estimate of drug-likeness (QED) is 0.472. The number of piperidine rings is 1. The predicted octanol–water partition coefficient (Wildman–Crippen LogP) is 6.89. The van der Waals surface area contributed by atoms with Crippen molar-refractivity contribution in [3.63, 3.8) is 0 Å². The lowest BCUT2D eigenvalue weighted by Crippen LogP contribution is -2.35. The maximum absolute atomic E-state index is 14.3. The fourth-order valence-electron chi connectivity index (χ4n) is 5.64. The predicted molar refractivity (Wildman–Crippen MR) is 126 cm³/mol. The van der Waals surface area contributed by atoms with Gasteiger partial charge in [-0.1, -0.05) is 31.5 Å². The highest BCUT2D eigenvalue weighted by molar-refractivity contribution is 5.89. The number of carboxylic acid groups (broad SMARTS) is 1. The Hall–Kier alpha value is -2.28. The van der Waals surface area contributed by atoms with E-state index in [1.807, 2.05) is 6.07 Å². The van der Waals surface area contributed by atoms with Crippen molar-refractivity contribution in [2.24, 2.45) is 11.8 Å². The van der Waals surface area contributed by atoms with Crippen molar-refractivity contribution >= 4 is 16.7 Å². The Morgan fingerprint density at radius 3 is 2.50 bits per heavy atom. The summed E-state index contributed by atoms with van der Waals surface area (Å²) in [4.78, 5) is 13.2. The molecule has 0 aromatic heterocycles. The Morgan fingerprint density at radius 1 is 1.09 bits per heavy atom. The van der Waals surface area contributed by atoms with Gasteiger partial charge in [-0.15, -0.1) is 0 Å². The van der Waals surface area contributed by atoms with Gasteiger partial charge in [0, 0.05) is 19.5 Å². The Bertz CT molecular complexity index is 999. The van der Waals surface area contributed by atoms with E-state index in [2.05, 4.69) is 11.8 Å². The molecule has 0 radical (unpaired) electrons. The van der Waals surface area contributed by atoms with Crippen molar-refractivity contribution in [3.05, 3.63) is 41.5 Å². The number of hydrogen-bond acceptors (Lipinski definition) is 3. The lowest BCUT2D eigenvalue weighted by atomic mass is 9.86. The van der Waals surface area contributed by atoms with Crippen LogP contribution in [0.25, 0.3) is 10.8 Å². The second-order valence-corrected chi connectivity index (χ2v) is 10.0.